The summed E-state index contributed by atoms with van der Waals surface area (Å²) in [5, 5.41) is 3.33. The fourth-order valence-corrected chi connectivity index (χ4v) is 1.21. The minimum absolute atomic E-state index is 0.457. The zero-order valence-electron chi connectivity index (χ0n) is 6.89. The van der Waals surface area contributed by atoms with Crippen molar-refractivity contribution < 1.29 is 4.74 Å². The van der Waals surface area contributed by atoms with Crippen LogP contribution in [0.5, 0.6) is 0 Å². The molecular weight excluding hydrogens is 121 g/mol. The number of nitrogens with one attached hydrogen (secondary N) is 1. The Morgan fingerprint density at radius 1 is 1.80 bits per heavy atom. The van der Waals surface area contributed by atoms with Gasteiger partial charge in [-0.1, -0.05) is 0 Å². The molecule has 10 heavy (non-hydrogen) atoms. The van der Waals surface area contributed by atoms with Crippen molar-refractivity contribution in [3.8, 4) is 0 Å². The normalized spacial score (nSPS) is 30.1. The van der Waals surface area contributed by atoms with Gasteiger partial charge in [0.25, 0.3) is 0 Å². The van der Waals surface area contributed by atoms with E-state index in [0.29, 0.717) is 10.7 Å². The van der Waals surface area contributed by atoms with Crippen LogP contribution in [0.15, 0.2) is 0 Å². The fraction of sp³-hybridized carbons (Fsp3) is 1.00. The Hall–Kier alpha value is 0.517. The van der Waals surface area contributed by atoms with Crippen molar-refractivity contribution in [2.24, 2.45) is 0 Å². The van der Waals surface area contributed by atoms with E-state index in [1.54, 1.807) is 0 Å². The van der Waals surface area contributed by atoms with Gasteiger partial charge < -0.3 is 0 Å². The van der Waals surface area contributed by atoms with E-state index in [4.69, 9.17) is 4.74 Å². The van der Waals surface area contributed by atoms with Crippen LogP contribution < -0.4 is 5.32 Å². The van der Waals surface area contributed by atoms with Crippen molar-refractivity contribution >= 4 is 17.7 Å². The molecule has 0 radical (unpaired) electrons. The summed E-state index contributed by atoms with van der Waals surface area (Å²) in [7, 11) is 0. The van der Waals surface area contributed by atoms with Crippen molar-refractivity contribution in [2.75, 3.05) is 19.7 Å². The van der Waals surface area contributed by atoms with Crippen LogP contribution in [-0.4, -0.2) is 43.5 Å². The second kappa shape index (κ2) is 4.41. The van der Waals surface area contributed by atoms with Gasteiger partial charge in [-0.15, -0.1) is 0 Å². The van der Waals surface area contributed by atoms with E-state index in [9.17, 15) is 0 Å². The third kappa shape index (κ3) is 2.28. The fourth-order valence-electron chi connectivity index (χ4n) is 1.21. The summed E-state index contributed by atoms with van der Waals surface area (Å²) in [5.41, 5.74) is 0. The third-order valence-electron chi connectivity index (χ3n) is 2.23. The molecule has 1 N–H and O–H groups in total. The predicted octanol–water partition coefficient (Wildman–Crippen LogP) is 0.342. The van der Waals surface area contributed by atoms with Crippen LogP contribution in [0.4, 0.5) is 0 Å². The van der Waals surface area contributed by atoms with Crippen LogP contribution in [0, 0.1) is 0 Å². The topological polar surface area (TPSA) is 21.3 Å². The van der Waals surface area contributed by atoms with Crippen LogP contribution in [-0.2, 0) is 4.74 Å². The first-order chi connectivity index (χ1) is 4.84. The zero-order valence-corrected chi connectivity index (χ0v) is 6.89. The van der Waals surface area contributed by atoms with E-state index in [-0.39, 0.29) is 0 Å². The molecule has 2 unspecified atom stereocenters. The van der Waals surface area contributed by atoms with E-state index >= 15 is 0 Å². The molecule has 0 saturated carbocycles. The summed E-state index contributed by atoms with van der Waals surface area (Å²) in [6, 6.07) is 0. The van der Waals surface area contributed by atoms with Crippen LogP contribution in [0.2, 0.25) is 4.59 Å². The summed E-state index contributed by atoms with van der Waals surface area (Å²) < 4.78 is 6.27. The number of rotatable bonds is 2. The molecule has 0 aromatic rings. The summed E-state index contributed by atoms with van der Waals surface area (Å²) in [6.45, 7) is 5.15. The van der Waals surface area contributed by atoms with Gasteiger partial charge >= 0.3 is 71.5 Å². The molecule has 0 spiro atoms. The van der Waals surface area contributed by atoms with Crippen molar-refractivity contribution in [2.45, 2.75) is 24.0 Å². The average Bonchev–Trinajstić information content (AvgIpc) is 2.05. The molecule has 2 atom stereocenters. The molecule has 1 fully saturated rings. The van der Waals surface area contributed by atoms with Gasteiger partial charge in [-0.3, -0.25) is 0 Å². The second-order valence-corrected chi connectivity index (χ2v) is 3.00. The molecule has 1 rings (SSSR count). The molecule has 3 heteroatoms. The van der Waals surface area contributed by atoms with Gasteiger partial charge in [0, 0.05) is 0 Å². The summed E-state index contributed by atoms with van der Waals surface area (Å²) >= 11 is 2.25. The SMILES string of the molecule is [Li][CH](CC)C1CNCCO1. The van der Waals surface area contributed by atoms with Crippen LogP contribution >= 0.6 is 0 Å². The number of morpholine rings is 1. The van der Waals surface area contributed by atoms with E-state index in [1.165, 1.54) is 6.42 Å². The Kier molecular flexibility index (Phi) is 3.80. The number of hydrogen-bond acceptors (Lipinski definition) is 2. The van der Waals surface area contributed by atoms with Gasteiger partial charge in [-0.2, -0.15) is 0 Å². The average molecular weight is 135 g/mol. The summed E-state index contributed by atoms with van der Waals surface area (Å²) in [6.07, 6.45) is 1.67. The molecule has 0 bridgehead atoms. The molecule has 1 saturated heterocycles. The van der Waals surface area contributed by atoms with Crippen molar-refractivity contribution in [3.63, 3.8) is 0 Å². The third-order valence-corrected chi connectivity index (χ3v) is 2.23. The van der Waals surface area contributed by atoms with E-state index in [1.807, 2.05) is 0 Å². The Morgan fingerprint density at radius 2 is 2.60 bits per heavy atom. The van der Waals surface area contributed by atoms with Crippen molar-refractivity contribution in [3.05, 3.63) is 0 Å². The molecule has 54 valence electrons. The molecular formula is C7H14LiNO. The molecule has 1 aliphatic heterocycles. The molecule has 1 heterocycles. The van der Waals surface area contributed by atoms with Gasteiger partial charge in [-0.05, 0) is 0 Å². The summed E-state index contributed by atoms with van der Waals surface area (Å²) in [4.78, 5) is 0. The second-order valence-electron chi connectivity index (χ2n) is 3.00. The summed E-state index contributed by atoms with van der Waals surface area (Å²) in [5.74, 6) is 0. The number of ether oxygens (including phenoxy) is 1. The van der Waals surface area contributed by atoms with Crippen LogP contribution in [0.25, 0.3) is 0 Å². The van der Waals surface area contributed by atoms with E-state index in [2.05, 4.69) is 30.0 Å². The number of hydrogen-bond donors (Lipinski definition) is 1. The van der Waals surface area contributed by atoms with Crippen molar-refractivity contribution in [1.82, 2.24) is 5.32 Å². The first-order valence-corrected chi connectivity index (χ1v) is 4.17. The molecule has 2 nitrogen and oxygen atoms in total. The van der Waals surface area contributed by atoms with Crippen LogP contribution in [0.3, 0.4) is 0 Å². The van der Waals surface area contributed by atoms with Crippen LogP contribution in [0.1, 0.15) is 13.3 Å². The molecule has 1 aliphatic rings. The molecule has 0 aromatic heterocycles. The molecule has 0 aromatic carbocycles. The maximum atomic E-state index is 5.57. The Labute approximate surface area is 71.9 Å². The van der Waals surface area contributed by atoms with Crippen molar-refractivity contribution in [1.29, 1.82) is 0 Å². The van der Waals surface area contributed by atoms with Gasteiger partial charge in [0.2, 0.25) is 0 Å². The molecule has 0 aliphatic carbocycles. The van der Waals surface area contributed by atoms with Gasteiger partial charge in [0.05, 0.1) is 0 Å². The standard InChI is InChI=1S/C7H14NO.Li/c1-2-3-7-6-8-4-5-9-7;/h3,7-8H,2,4-6H2,1H3;. The van der Waals surface area contributed by atoms with E-state index < -0.39 is 0 Å². The predicted molar refractivity (Wildman–Crippen MR) is 42.4 cm³/mol. The molecule has 0 amide bonds. The first-order valence-electron chi connectivity index (χ1n) is 4.17. The zero-order chi connectivity index (χ0) is 7.40. The van der Waals surface area contributed by atoms with Gasteiger partial charge in [0.1, 0.15) is 0 Å². The Morgan fingerprint density at radius 3 is 3.10 bits per heavy atom. The Balaban J connectivity index is 2.24. The maximum absolute atomic E-state index is 5.57. The van der Waals surface area contributed by atoms with Gasteiger partial charge in [0.15, 0.2) is 0 Å². The Bertz CT molecular complexity index is 93.6. The van der Waals surface area contributed by atoms with E-state index in [0.717, 1.165) is 19.7 Å². The quantitative estimate of drug-likeness (QED) is 0.551. The monoisotopic (exact) mass is 135 g/mol. The van der Waals surface area contributed by atoms with Gasteiger partial charge in [-0.25, -0.2) is 0 Å². The first kappa shape index (κ1) is 8.61. The minimum atomic E-state index is 0.457.